The standard InChI is InChI=1S/C12H13F3O/c1-2-3-9-11(16,12(13,14)15)10-7-5-4-6-8-10/h2,4-8,16H,1,3,9H2. The first-order valence-electron chi connectivity index (χ1n) is 4.87. The van der Waals surface area contributed by atoms with Crippen LogP contribution in [0.3, 0.4) is 0 Å². The van der Waals surface area contributed by atoms with Gasteiger partial charge in [0.2, 0.25) is 0 Å². The fourth-order valence-electron chi connectivity index (χ4n) is 1.47. The average molecular weight is 230 g/mol. The van der Waals surface area contributed by atoms with Crippen molar-refractivity contribution in [2.75, 3.05) is 0 Å². The van der Waals surface area contributed by atoms with Gasteiger partial charge in [-0.1, -0.05) is 36.4 Å². The zero-order valence-electron chi connectivity index (χ0n) is 8.67. The molecule has 0 amide bonds. The van der Waals surface area contributed by atoms with Crippen LogP contribution in [0.25, 0.3) is 0 Å². The first-order valence-corrected chi connectivity index (χ1v) is 4.87. The molecule has 1 aromatic rings. The molecule has 0 fully saturated rings. The van der Waals surface area contributed by atoms with Gasteiger partial charge in [0.05, 0.1) is 0 Å². The Morgan fingerprint density at radius 3 is 2.19 bits per heavy atom. The van der Waals surface area contributed by atoms with E-state index in [9.17, 15) is 18.3 Å². The van der Waals surface area contributed by atoms with Gasteiger partial charge in [-0.2, -0.15) is 13.2 Å². The molecule has 16 heavy (non-hydrogen) atoms. The van der Waals surface area contributed by atoms with E-state index in [2.05, 4.69) is 6.58 Å². The molecule has 0 aliphatic carbocycles. The highest BCUT2D eigenvalue weighted by Gasteiger charge is 2.54. The number of hydrogen-bond acceptors (Lipinski definition) is 1. The van der Waals surface area contributed by atoms with E-state index in [1.54, 1.807) is 6.07 Å². The topological polar surface area (TPSA) is 20.2 Å². The lowest BCUT2D eigenvalue weighted by Crippen LogP contribution is -2.42. The summed E-state index contributed by atoms with van der Waals surface area (Å²) < 4.78 is 38.5. The molecule has 0 bridgehead atoms. The van der Waals surface area contributed by atoms with Crippen molar-refractivity contribution in [3.05, 3.63) is 48.6 Å². The van der Waals surface area contributed by atoms with Crippen LogP contribution in [0.1, 0.15) is 18.4 Å². The lowest BCUT2D eigenvalue weighted by atomic mass is 9.88. The van der Waals surface area contributed by atoms with E-state index in [1.807, 2.05) is 0 Å². The Bertz CT molecular complexity index is 345. The van der Waals surface area contributed by atoms with Crippen LogP contribution in [-0.2, 0) is 5.60 Å². The molecule has 0 saturated heterocycles. The number of halogens is 3. The predicted molar refractivity (Wildman–Crippen MR) is 55.8 cm³/mol. The predicted octanol–water partition coefficient (Wildman–Crippen LogP) is 3.40. The highest BCUT2D eigenvalue weighted by Crippen LogP contribution is 2.42. The summed E-state index contributed by atoms with van der Waals surface area (Å²) in [4.78, 5) is 0. The summed E-state index contributed by atoms with van der Waals surface area (Å²) in [6.45, 7) is 3.36. The smallest absolute Gasteiger partial charge is 0.376 e. The van der Waals surface area contributed by atoms with Crippen LogP contribution in [0.5, 0.6) is 0 Å². The number of hydrogen-bond donors (Lipinski definition) is 1. The van der Waals surface area contributed by atoms with Gasteiger partial charge in [-0.05, 0) is 18.4 Å². The third-order valence-corrected chi connectivity index (χ3v) is 2.43. The molecule has 1 atom stereocenters. The molecule has 88 valence electrons. The van der Waals surface area contributed by atoms with Gasteiger partial charge in [0.25, 0.3) is 0 Å². The second-order valence-electron chi connectivity index (χ2n) is 3.55. The van der Waals surface area contributed by atoms with Gasteiger partial charge in [-0.3, -0.25) is 0 Å². The minimum atomic E-state index is -4.68. The number of allylic oxidation sites excluding steroid dienone is 1. The van der Waals surface area contributed by atoms with Crippen LogP contribution in [0.4, 0.5) is 13.2 Å². The van der Waals surface area contributed by atoms with Crippen LogP contribution in [0.2, 0.25) is 0 Å². The zero-order valence-corrected chi connectivity index (χ0v) is 8.67. The zero-order chi connectivity index (χ0) is 12.2. The Balaban J connectivity index is 3.10. The van der Waals surface area contributed by atoms with Gasteiger partial charge < -0.3 is 5.11 Å². The molecule has 0 aliphatic heterocycles. The van der Waals surface area contributed by atoms with Gasteiger partial charge in [-0.15, -0.1) is 6.58 Å². The minimum absolute atomic E-state index is 0.102. The highest BCUT2D eigenvalue weighted by molar-refractivity contribution is 5.24. The normalized spacial score (nSPS) is 15.5. The average Bonchev–Trinajstić information content (AvgIpc) is 2.25. The van der Waals surface area contributed by atoms with Crippen molar-refractivity contribution in [1.82, 2.24) is 0 Å². The Kier molecular flexibility index (Phi) is 3.75. The molecule has 4 heteroatoms. The highest BCUT2D eigenvalue weighted by atomic mass is 19.4. The summed E-state index contributed by atoms with van der Waals surface area (Å²) in [5, 5.41) is 9.78. The fraction of sp³-hybridized carbons (Fsp3) is 0.333. The van der Waals surface area contributed by atoms with E-state index < -0.39 is 18.2 Å². The van der Waals surface area contributed by atoms with E-state index >= 15 is 0 Å². The number of benzene rings is 1. The van der Waals surface area contributed by atoms with Crippen LogP contribution >= 0.6 is 0 Å². The summed E-state index contributed by atoms with van der Waals surface area (Å²) in [5.74, 6) is 0. The monoisotopic (exact) mass is 230 g/mol. The lowest BCUT2D eigenvalue weighted by molar-refractivity contribution is -0.268. The Morgan fingerprint density at radius 2 is 1.75 bits per heavy atom. The molecule has 1 nitrogen and oxygen atoms in total. The van der Waals surface area contributed by atoms with E-state index in [4.69, 9.17) is 0 Å². The SMILES string of the molecule is C=CCCC(O)(c1ccccc1)C(F)(F)F. The van der Waals surface area contributed by atoms with Crippen LogP contribution in [0, 0.1) is 0 Å². The van der Waals surface area contributed by atoms with Gasteiger partial charge in [0.15, 0.2) is 5.60 Å². The maximum Gasteiger partial charge on any atom is 0.421 e. The van der Waals surface area contributed by atoms with Crippen molar-refractivity contribution in [2.24, 2.45) is 0 Å². The Morgan fingerprint density at radius 1 is 1.19 bits per heavy atom. The van der Waals surface area contributed by atoms with Crippen molar-refractivity contribution in [2.45, 2.75) is 24.6 Å². The second kappa shape index (κ2) is 4.70. The molecular formula is C12H13F3O. The summed E-state index contributed by atoms with van der Waals surface area (Å²) in [5.41, 5.74) is -2.92. The maximum absolute atomic E-state index is 12.8. The van der Waals surface area contributed by atoms with Gasteiger partial charge >= 0.3 is 6.18 Å². The summed E-state index contributed by atoms with van der Waals surface area (Å²) in [6, 6.07) is 7.10. The fourth-order valence-corrected chi connectivity index (χ4v) is 1.47. The third-order valence-electron chi connectivity index (χ3n) is 2.43. The molecule has 0 spiro atoms. The molecule has 0 aromatic heterocycles. The third kappa shape index (κ3) is 2.44. The van der Waals surface area contributed by atoms with Crippen LogP contribution < -0.4 is 0 Å². The lowest BCUT2D eigenvalue weighted by Gasteiger charge is -2.30. The summed E-state index contributed by atoms with van der Waals surface area (Å²) in [6.07, 6.45) is -3.63. The first kappa shape index (κ1) is 12.8. The van der Waals surface area contributed by atoms with Crippen molar-refractivity contribution >= 4 is 0 Å². The van der Waals surface area contributed by atoms with Crippen molar-refractivity contribution in [1.29, 1.82) is 0 Å². The number of rotatable bonds is 4. The largest absolute Gasteiger partial charge is 0.421 e. The Labute approximate surface area is 92.2 Å². The number of aliphatic hydroxyl groups is 1. The van der Waals surface area contributed by atoms with Gasteiger partial charge in [-0.25, -0.2) is 0 Å². The molecular weight excluding hydrogens is 217 g/mol. The summed E-state index contributed by atoms with van der Waals surface area (Å²) >= 11 is 0. The van der Waals surface area contributed by atoms with Crippen molar-refractivity contribution < 1.29 is 18.3 Å². The van der Waals surface area contributed by atoms with Crippen LogP contribution in [-0.4, -0.2) is 11.3 Å². The van der Waals surface area contributed by atoms with E-state index in [0.717, 1.165) is 0 Å². The second-order valence-corrected chi connectivity index (χ2v) is 3.55. The van der Waals surface area contributed by atoms with E-state index in [0.29, 0.717) is 0 Å². The number of alkyl halides is 3. The molecule has 0 heterocycles. The Hall–Kier alpha value is -1.29. The van der Waals surface area contributed by atoms with Crippen molar-refractivity contribution in [3.63, 3.8) is 0 Å². The van der Waals surface area contributed by atoms with Gasteiger partial charge in [0.1, 0.15) is 0 Å². The van der Waals surface area contributed by atoms with E-state index in [-0.39, 0.29) is 12.0 Å². The molecule has 0 saturated carbocycles. The molecule has 0 radical (unpaired) electrons. The molecule has 1 unspecified atom stereocenters. The minimum Gasteiger partial charge on any atom is -0.376 e. The molecule has 1 rings (SSSR count). The van der Waals surface area contributed by atoms with E-state index in [1.165, 1.54) is 30.3 Å². The van der Waals surface area contributed by atoms with Crippen LogP contribution in [0.15, 0.2) is 43.0 Å². The first-order chi connectivity index (χ1) is 7.42. The summed E-state index contributed by atoms with van der Waals surface area (Å²) in [7, 11) is 0. The van der Waals surface area contributed by atoms with Gasteiger partial charge in [0, 0.05) is 0 Å². The molecule has 0 aliphatic rings. The van der Waals surface area contributed by atoms with Crippen molar-refractivity contribution in [3.8, 4) is 0 Å². The molecule has 1 aromatic carbocycles. The molecule has 1 N–H and O–H groups in total. The quantitative estimate of drug-likeness (QED) is 0.786. The maximum atomic E-state index is 12.8.